The van der Waals surface area contributed by atoms with Crippen LogP contribution in [0.3, 0.4) is 0 Å². The Kier molecular flexibility index (Phi) is 7.12. The molecule has 0 saturated heterocycles. The van der Waals surface area contributed by atoms with Gasteiger partial charge in [0.2, 0.25) is 0 Å². The van der Waals surface area contributed by atoms with Crippen molar-refractivity contribution in [2.45, 2.75) is 0 Å². The molecule has 0 radical (unpaired) electrons. The number of carbonyl (C=O) groups is 1. The van der Waals surface area contributed by atoms with Gasteiger partial charge in [-0.25, -0.2) is 4.79 Å². The Morgan fingerprint density at radius 1 is 1.86 bits per heavy atom. The highest BCUT2D eigenvalue weighted by Crippen LogP contribution is 1.58. The standard InChI is InChI=1S/C2H4N2O2.ClH/c3-1-6-2(4)5;/h1,3H,(H2,4,5);1H. The highest BCUT2D eigenvalue weighted by atomic mass is 35.5. The molecule has 0 unspecified atom stereocenters. The van der Waals surface area contributed by atoms with Crippen molar-refractivity contribution in [1.29, 1.82) is 5.41 Å². The number of nitrogens with two attached hydrogens (primary N) is 1. The van der Waals surface area contributed by atoms with Crippen LogP contribution in [-0.4, -0.2) is 12.5 Å². The maximum atomic E-state index is 9.45. The van der Waals surface area contributed by atoms with Gasteiger partial charge in [0, 0.05) is 0 Å². The van der Waals surface area contributed by atoms with Crippen LogP contribution in [-0.2, 0) is 4.74 Å². The minimum Gasteiger partial charge on any atom is -0.399 e. The van der Waals surface area contributed by atoms with E-state index >= 15 is 0 Å². The first-order valence-corrected chi connectivity index (χ1v) is 1.22. The predicted molar refractivity (Wildman–Crippen MR) is 26.7 cm³/mol. The van der Waals surface area contributed by atoms with E-state index in [4.69, 9.17) is 5.41 Å². The van der Waals surface area contributed by atoms with Crippen molar-refractivity contribution in [2.75, 3.05) is 0 Å². The number of hydrogen-bond acceptors (Lipinski definition) is 3. The van der Waals surface area contributed by atoms with Crippen molar-refractivity contribution in [2.24, 2.45) is 5.73 Å². The van der Waals surface area contributed by atoms with Crippen LogP contribution in [0.5, 0.6) is 0 Å². The molecule has 3 N–H and O–H groups in total. The molecule has 0 heterocycles. The van der Waals surface area contributed by atoms with Crippen molar-refractivity contribution in [3.63, 3.8) is 0 Å². The summed E-state index contributed by atoms with van der Waals surface area (Å²) in [7, 11) is 0. The zero-order chi connectivity index (χ0) is 4.99. The molecular formula is C2H5ClN2O2. The van der Waals surface area contributed by atoms with E-state index in [1.807, 2.05) is 0 Å². The van der Waals surface area contributed by atoms with Gasteiger partial charge in [0.15, 0.2) is 6.40 Å². The van der Waals surface area contributed by atoms with Crippen LogP contribution >= 0.6 is 12.4 Å². The van der Waals surface area contributed by atoms with E-state index in [-0.39, 0.29) is 12.4 Å². The first kappa shape index (κ1) is 9.52. The zero-order valence-corrected chi connectivity index (χ0v) is 4.20. The Hall–Kier alpha value is -0.770. The fourth-order valence-corrected chi connectivity index (χ4v) is 0.0581. The van der Waals surface area contributed by atoms with Crippen LogP contribution < -0.4 is 5.73 Å². The Morgan fingerprint density at radius 2 is 2.29 bits per heavy atom. The quantitative estimate of drug-likeness (QED) is 0.385. The molecule has 0 aromatic rings. The molecule has 42 valence electrons. The van der Waals surface area contributed by atoms with Gasteiger partial charge in [0.05, 0.1) is 0 Å². The minimum atomic E-state index is -0.954. The minimum absolute atomic E-state index is 0. The molecule has 0 aliphatic carbocycles. The lowest BCUT2D eigenvalue weighted by Crippen LogP contribution is -2.10. The summed E-state index contributed by atoms with van der Waals surface area (Å²) >= 11 is 0. The Morgan fingerprint density at radius 3 is 2.29 bits per heavy atom. The molecule has 0 saturated carbocycles. The van der Waals surface area contributed by atoms with Crippen LogP contribution in [0.25, 0.3) is 0 Å². The van der Waals surface area contributed by atoms with Crippen molar-refractivity contribution in [3.8, 4) is 0 Å². The Balaban J connectivity index is 0. The average Bonchev–Trinajstić information content (AvgIpc) is 1.35. The van der Waals surface area contributed by atoms with E-state index in [2.05, 4.69) is 10.5 Å². The molecule has 0 atom stereocenters. The van der Waals surface area contributed by atoms with Crippen LogP contribution in [0.4, 0.5) is 4.79 Å². The number of ether oxygens (including phenoxy) is 1. The molecule has 0 rings (SSSR count). The molecule has 0 aliphatic rings. The maximum absolute atomic E-state index is 9.45. The third kappa shape index (κ3) is 11.0. The number of primary amides is 1. The fraction of sp³-hybridized carbons (Fsp3) is 0. The molecule has 1 amide bonds. The summed E-state index contributed by atoms with van der Waals surface area (Å²) in [5, 5.41) is 6.08. The molecule has 5 heteroatoms. The van der Waals surface area contributed by atoms with Gasteiger partial charge in [0.1, 0.15) is 0 Å². The molecule has 7 heavy (non-hydrogen) atoms. The van der Waals surface area contributed by atoms with Crippen LogP contribution in [0, 0.1) is 5.41 Å². The topological polar surface area (TPSA) is 76.2 Å². The van der Waals surface area contributed by atoms with E-state index in [1.54, 1.807) is 0 Å². The zero-order valence-electron chi connectivity index (χ0n) is 3.38. The summed E-state index contributed by atoms with van der Waals surface area (Å²) < 4.78 is 3.72. The van der Waals surface area contributed by atoms with Gasteiger partial charge in [0.25, 0.3) is 0 Å². The van der Waals surface area contributed by atoms with Crippen molar-refractivity contribution in [1.82, 2.24) is 0 Å². The predicted octanol–water partition coefficient (Wildman–Crippen LogP) is 0.111. The third-order valence-electron chi connectivity index (χ3n) is 0.175. The third-order valence-corrected chi connectivity index (χ3v) is 0.175. The second kappa shape index (κ2) is 5.23. The highest BCUT2D eigenvalue weighted by Gasteiger charge is 1.80. The van der Waals surface area contributed by atoms with Crippen molar-refractivity contribution in [3.05, 3.63) is 0 Å². The summed E-state index contributed by atoms with van der Waals surface area (Å²) in [6, 6.07) is 0. The molecule has 0 aromatic carbocycles. The van der Waals surface area contributed by atoms with Crippen LogP contribution in [0.1, 0.15) is 0 Å². The summed E-state index contributed by atoms with van der Waals surface area (Å²) in [5.41, 5.74) is 4.39. The number of halogens is 1. The van der Waals surface area contributed by atoms with E-state index in [0.29, 0.717) is 6.40 Å². The lowest BCUT2D eigenvalue weighted by atomic mass is 11.2. The second-order valence-corrected chi connectivity index (χ2v) is 0.555. The van der Waals surface area contributed by atoms with E-state index < -0.39 is 6.09 Å². The highest BCUT2D eigenvalue weighted by molar-refractivity contribution is 5.85. The monoisotopic (exact) mass is 124 g/mol. The molecule has 0 aliphatic heterocycles. The number of hydrogen-bond donors (Lipinski definition) is 2. The van der Waals surface area contributed by atoms with Crippen molar-refractivity contribution >= 4 is 24.9 Å². The van der Waals surface area contributed by atoms with Crippen LogP contribution in [0.15, 0.2) is 0 Å². The van der Waals surface area contributed by atoms with E-state index in [0.717, 1.165) is 0 Å². The maximum Gasteiger partial charge on any atom is 0.410 e. The second-order valence-electron chi connectivity index (χ2n) is 0.555. The van der Waals surface area contributed by atoms with Gasteiger partial charge in [-0.2, -0.15) is 0 Å². The van der Waals surface area contributed by atoms with Gasteiger partial charge in [-0.05, 0) is 0 Å². The number of carbonyl (C=O) groups excluding carboxylic acids is 1. The lowest BCUT2D eigenvalue weighted by Gasteiger charge is -1.81. The molecule has 4 nitrogen and oxygen atoms in total. The summed E-state index contributed by atoms with van der Waals surface area (Å²) in [6.07, 6.45) is -0.479. The molecule has 0 aromatic heterocycles. The largest absolute Gasteiger partial charge is 0.410 e. The van der Waals surface area contributed by atoms with Crippen LogP contribution in [0.2, 0.25) is 0 Å². The number of amides is 1. The molecule has 0 bridgehead atoms. The Labute approximate surface area is 46.6 Å². The lowest BCUT2D eigenvalue weighted by molar-refractivity contribution is 0.210. The van der Waals surface area contributed by atoms with Gasteiger partial charge in [-0.1, -0.05) is 0 Å². The number of nitrogens with one attached hydrogen (secondary N) is 1. The van der Waals surface area contributed by atoms with E-state index in [9.17, 15) is 4.79 Å². The van der Waals surface area contributed by atoms with E-state index in [1.165, 1.54) is 0 Å². The summed E-state index contributed by atoms with van der Waals surface area (Å²) in [4.78, 5) is 9.45. The van der Waals surface area contributed by atoms with Gasteiger partial charge >= 0.3 is 6.09 Å². The summed E-state index contributed by atoms with van der Waals surface area (Å²) in [5.74, 6) is 0. The first-order valence-electron chi connectivity index (χ1n) is 1.22. The van der Waals surface area contributed by atoms with Crippen molar-refractivity contribution < 1.29 is 9.53 Å². The van der Waals surface area contributed by atoms with Gasteiger partial charge < -0.3 is 10.5 Å². The number of rotatable bonds is 1. The molecule has 0 fully saturated rings. The fourth-order valence-electron chi connectivity index (χ4n) is 0.0581. The van der Waals surface area contributed by atoms with Gasteiger partial charge in [-0.15, -0.1) is 12.4 Å². The van der Waals surface area contributed by atoms with Gasteiger partial charge in [-0.3, -0.25) is 5.41 Å². The summed E-state index contributed by atoms with van der Waals surface area (Å²) in [6.45, 7) is 0. The smallest absolute Gasteiger partial charge is 0.399 e. The Bertz CT molecular complexity index is 74.1. The SMILES string of the molecule is Cl.N=COC(N)=O. The molecular weight excluding hydrogens is 119 g/mol. The normalized spacial score (nSPS) is 5.71. The first-order chi connectivity index (χ1) is 2.77. The average molecular weight is 125 g/mol. The molecule has 0 spiro atoms.